The summed E-state index contributed by atoms with van der Waals surface area (Å²) in [5.41, 5.74) is 13.8. The van der Waals surface area contributed by atoms with E-state index in [1.807, 2.05) is 12.1 Å². The maximum Gasteiger partial charge on any atom is 0.270 e. The van der Waals surface area contributed by atoms with Crippen LogP contribution in [0.15, 0.2) is 182 Å². The molecule has 0 saturated heterocycles. The highest BCUT2D eigenvalue weighted by atomic mass is 14.8. The van der Waals surface area contributed by atoms with Gasteiger partial charge in [-0.25, -0.2) is 0 Å². The third-order valence-electron chi connectivity index (χ3n) is 10.0. The average Bonchev–Trinajstić information content (AvgIpc) is 3.49. The molecule has 228 valence electrons. The second-order valence-electron chi connectivity index (χ2n) is 12.6. The van der Waals surface area contributed by atoms with Crippen molar-refractivity contribution in [2.75, 3.05) is 0 Å². The summed E-state index contributed by atoms with van der Waals surface area (Å²) in [6.07, 6.45) is 1.72. The Labute approximate surface area is 286 Å². The van der Waals surface area contributed by atoms with E-state index in [1.165, 1.54) is 60.8 Å². The number of pyridine rings is 1. The van der Waals surface area contributed by atoms with Crippen LogP contribution < -0.4 is 0 Å². The lowest BCUT2D eigenvalue weighted by Gasteiger charge is -2.34. The van der Waals surface area contributed by atoms with Gasteiger partial charge in [0.2, 0.25) is 0 Å². The SMILES string of the molecule is [C-]#[N+]c1cc(-c2cccc(-c3cc4c(c5ccccc35)-c3ccc(-c5ccccc5)cc3C4(c3ccccc3)c3ccccc3)c2)ccn1. The molecule has 1 aliphatic carbocycles. The Kier molecular flexibility index (Phi) is 6.78. The molecule has 0 aliphatic heterocycles. The predicted octanol–water partition coefficient (Wildman–Crippen LogP) is 12.1. The predicted molar refractivity (Wildman–Crippen MR) is 202 cm³/mol. The molecule has 0 radical (unpaired) electrons. The zero-order chi connectivity index (χ0) is 32.8. The van der Waals surface area contributed by atoms with Crippen LogP contribution in [0.2, 0.25) is 0 Å². The number of nitrogens with zero attached hydrogens (tertiary/aromatic N) is 2. The second kappa shape index (κ2) is 11.6. The van der Waals surface area contributed by atoms with Gasteiger partial charge in [-0.3, -0.25) is 0 Å². The van der Waals surface area contributed by atoms with Crippen molar-refractivity contribution >= 4 is 16.6 Å². The summed E-state index contributed by atoms with van der Waals surface area (Å²) in [4.78, 5) is 7.78. The maximum absolute atomic E-state index is 7.50. The maximum atomic E-state index is 7.50. The molecule has 49 heavy (non-hydrogen) atoms. The van der Waals surface area contributed by atoms with E-state index in [0.717, 1.165) is 16.7 Å². The zero-order valence-electron chi connectivity index (χ0n) is 26.7. The molecule has 1 aromatic heterocycles. The highest BCUT2D eigenvalue weighted by Crippen LogP contribution is 2.59. The summed E-state index contributed by atoms with van der Waals surface area (Å²) in [5, 5.41) is 2.45. The molecule has 2 heteroatoms. The summed E-state index contributed by atoms with van der Waals surface area (Å²) >= 11 is 0. The van der Waals surface area contributed by atoms with Crippen LogP contribution in [-0.4, -0.2) is 4.98 Å². The van der Waals surface area contributed by atoms with Gasteiger partial charge in [0.05, 0.1) is 5.41 Å². The Morgan fingerprint density at radius 3 is 1.73 bits per heavy atom. The van der Waals surface area contributed by atoms with Crippen molar-refractivity contribution in [3.05, 3.63) is 216 Å². The largest absolute Gasteiger partial charge is 0.361 e. The van der Waals surface area contributed by atoms with E-state index < -0.39 is 5.41 Å². The molecular formula is C47H30N2. The molecule has 0 spiro atoms. The average molecular weight is 623 g/mol. The molecule has 1 heterocycles. The first kappa shape index (κ1) is 28.6. The van der Waals surface area contributed by atoms with Crippen molar-refractivity contribution in [2.45, 2.75) is 5.41 Å². The summed E-state index contributed by atoms with van der Waals surface area (Å²) < 4.78 is 0. The van der Waals surface area contributed by atoms with Crippen molar-refractivity contribution in [3.63, 3.8) is 0 Å². The van der Waals surface area contributed by atoms with E-state index in [-0.39, 0.29) is 0 Å². The minimum absolute atomic E-state index is 0.397. The fourth-order valence-corrected chi connectivity index (χ4v) is 7.92. The third kappa shape index (κ3) is 4.52. The Morgan fingerprint density at radius 1 is 0.429 bits per heavy atom. The van der Waals surface area contributed by atoms with Gasteiger partial charge in [0.1, 0.15) is 6.20 Å². The van der Waals surface area contributed by atoms with Crippen LogP contribution in [-0.2, 0) is 5.41 Å². The van der Waals surface area contributed by atoms with Gasteiger partial charge in [-0.05, 0) is 108 Å². The fraction of sp³-hybridized carbons (Fsp3) is 0.0213. The monoisotopic (exact) mass is 622 g/mol. The van der Waals surface area contributed by atoms with Gasteiger partial charge < -0.3 is 4.85 Å². The van der Waals surface area contributed by atoms with Crippen molar-refractivity contribution in [3.8, 4) is 44.5 Å². The van der Waals surface area contributed by atoms with E-state index in [1.54, 1.807) is 6.20 Å². The Bertz CT molecular complexity index is 2510. The first-order valence-corrected chi connectivity index (χ1v) is 16.6. The number of fused-ring (bicyclic) bond motifs is 5. The Morgan fingerprint density at radius 2 is 1.02 bits per heavy atom. The van der Waals surface area contributed by atoms with E-state index in [0.29, 0.717) is 5.82 Å². The number of hydrogen-bond acceptors (Lipinski definition) is 1. The molecule has 0 amide bonds. The van der Waals surface area contributed by atoms with Crippen LogP contribution >= 0.6 is 0 Å². The molecule has 0 fully saturated rings. The number of aromatic nitrogens is 1. The first-order valence-electron chi connectivity index (χ1n) is 16.6. The number of hydrogen-bond donors (Lipinski definition) is 0. The Hall–Kier alpha value is -6.56. The van der Waals surface area contributed by atoms with E-state index in [4.69, 9.17) is 6.57 Å². The minimum Gasteiger partial charge on any atom is -0.361 e. The molecular weight excluding hydrogens is 593 g/mol. The van der Waals surface area contributed by atoms with Crippen LogP contribution in [0.3, 0.4) is 0 Å². The molecule has 0 N–H and O–H groups in total. The Balaban J connectivity index is 1.39. The van der Waals surface area contributed by atoms with Crippen LogP contribution in [0.25, 0.3) is 60.1 Å². The molecule has 8 aromatic rings. The quantitative estimate of drug-likeness (QED) is 0.175. The fourth-order valence-electron chi connectivity index (χ4n) is 7.92. The molecule has 1 aliphatic rings. The molecule has 0 atom stereocenters. The molecule has 0 bridgehead atoms. The summed E-state index contributed by atoms with van der Waals surface area (Å²) in [6.45, 7) is 7.50. The molecule has 0 saturated carbocycles. The lowest BCUT2D eigenvalue weighted by atomic mass is 9.67. The lowest BCUT2D eigenvalue weighted by Crippen LogP contribution is -2.28. The lowest BCUT2D eigenvalue weighted by molar-refractivity contribution is 0.769. The van der Waals surface area contributed by atoms with Gasteiger partial charge in [0, 0.05) is 0 Å². The van der Waals surface area contributed by atoms with Crippen LogP contribution in [0.4, 0.5) is 5.82 Å². The smallest absolute Gasteiger partial charge is 0.270 e. The van der Waals surface area contributed by atoms with Gasteiger partial charge in [-0.1, -0.05) is 152 Å². The van der Waals surface area contributed by atoms with Crippen LogP contribution in [0.5, 0.6) is 0 Å². The minimum atomic E-state index is -0.552. The summed E-state index contributed by atoms with van der Waals surface area (Å²) in [6, 6.07) is 63.6. The van der Waals surface area contributed by atoms with Crippen molar-refractivity contribution in [1.29, 1.82) is 0 Å². The van der Waals surface area contributed by atoms with Gasteiger partial charge in [-0.15, -0.1) is 4.98 Å². The second-order valence-corrected chi connectivity index (χ2v) is 12.6. The first-order chi connectivity index (χ1) is 24.3. The number of rotatable bonds is 5. The molecule has 0 unspecified atom stereocenters. The highest BCUT2D eigenvalue weighted by molar-refractivity contribution is 6.10. The van der Waals surface area contributed by atoms with Crippen LogP contribution in [0, 0.1) is 6.57 Å². The van der Waals surface area contributed by atoms with Gasteiger partial charge in [-0.2, -0.15) is 0 Å². The summed E-state index contributed by atoms with van der Waals surface area (Å²) in [7, 11) is 0. The topological polar surface area (TPSA) is 17.2 Å². The van der Waals surface area contributed by atoms with Gasteiger partial charge in [0.25, 0.3) is 5.82 Å². The van der Waals surface area contributed by atoms with E-state index in [2.05, 4.69) is 174 Å². The van der Waals surface area contributed by atoms with Crippen molar-refractivity contribution in [1.82, 2.24) is 4.98 Å². The highest BCUT2D eigenvalue weighted by Gasteiger charge is 2.47. The molecule has 2 nitrogen and oxygen atoms in total. The van der Waals surface area contributed by atoms with Crippen LogP contribution in [0.1, 0.15) is 22.3 Å². The molecule has 9 rings (SSSR count). The zero-order valence-corrected chi connectivity index (χ0v) is 26.7. The molecule has 7 aromatic carbocycles. The summed E-state index contributed by atoms with van der Waals surface area (Å²) in [5.74, 6) is 0.397. The van der Waals surface area contributed by atoms with Gasteiger partial charge in [0.15, 0.2) is 0 Å². The van der Waals surface area contributed by atoms with E-state index >= 15 is 0 Å². The third-order valence-corrected chi connectivity index (χ3v) is 10.0. The van der Waals surface area contributed by atoms with Crippen molar-refractivity contribution in [2.24, 2.45) is 0 Å². The van der Waals surface area contributed by atoms with Gasteiger partial charge >= 0.3 is 0 Å². The normalized spacial score (nSPS) is 12.6. The standard InChI is InChI=1S/C47H30N2/c1-48-45-30-35(26-27-49-45)33-16-13-17-36(28-33)42-31-44-46(40-23-12-11-22-39(40)42)41-25-24-34(32-14-5-2-6-15-32)29-43(41)47(44,37-18-7-3-8-19-37)38-20-9-4-10-21-38/h2-31H. The van der Waals surface area contributed by atoms with Crippen molar-refractivity contribution < 1.29 is 0 Å². The number of benzene rings is 7. The van der Waals surface area contributed by atoms with E-state index in [9.17, 15) is 0 Å².